The van der Waals surface area contributed by atoms with Crippen LogP contribution in [-0.2, 0) is 22.6 Å². The lowest BCUT2D eigenvalue weighted by atomic mass is 10.1. The Balaban J connectivity index is 1.73. The van der Waals surface area contributed by atoms with Gasteiger partial charge in [0.1, 0.15) is 25.1 Å². The first kappa shape index (κ1) is 21.6. The predicted octanol–water partition coefficient (Wildman–Crippen LogP) is 3.08. The van der Waals surface area contributed by atoms with Gasteiger partial charge in [0, 0.05) is 20.0 Å². The van der Waals surface area contributed by atoms with E-state index in [4.69, 9.17) is 9.47 Å². The summed E-state index contributed by atoms with van der Waals surface area (Å²) in [5.74, 6) is 0.705. The van der Waals surface area contributed by atoms with E-state index >= 15 is 0 Å². The van der Waals surface area contributed by atoms with Gasteiger partial charge in [-0.1, -0.05) is 25.1 Å². The number of hydrogen-bond donors (Lipinski definition) is 1. The monoisotopic (exact) mass is 414 g/mol. The molecule has 1 N–H and O–H groups in total. The van der Waals surface area contributed by atoms with Gasteiger partial charge in [0.25, 0.3) is 0 Å². The highest BCUT2D eigenvalue weighted by molar-refractivity contribution is 5.87. The Bertz CT molecular complexity index is 885. The Hall–Kier alpha value is -3.09. The van der Waals surface area contributed by atoms with Gasteiger partial charge in [-0.2, -0.15) is 0 Å². The molecule has 1 aliphatic heterocycles. The highest BCUT2D eigenvalue weighted by atomic mass is 19.1. The third kappa shape index (κ3) is 5.28. The van der Waals surface area contributed by atoms with Gasteiger partial charge in [0.2, 0.25) is 11.8 Å². The molecule has 1 atom stereocenters. The molecule has 2 aromatic carbocycles. The summed E-state index contributed by atoms with van der Waals surface area (Å²) >= 11 is 0. The first-order chi connectivity index (χ1) is 14.5. The van der Waals surface area contributed by atoms with Gasteiger partial charge in [-0.25, -0.2) is 4.39 Å². The van der Waals surface area contributed by atoms with Crippen molar-refractivity contribution >= 4 is 11.8 Å². The zero-order chi connectivity index (χ0) is 21.5. The predicted molar refractivity (Wildman–Crippen MR) is 111 cm³/mol. The van der Waals surface area contributed by atoms with Crippen molar-refractivity contribution in [3.05, 3.63) is 59.4 Å². The van der Waals surface area contributed by atoms with E-state index in [1.54, 1.807) is 24.1 Å². The zero-order valence-corrected chi connectivity index (χ0v) is 17.3. The fourth-order valence-corrected chi connectivity index (χ4v) is 3.51. The minimum atomic E-state index is -0.590. The number of ether oxygens (including phenoxy) is 2. The summed E-state index contributed by atoms with van der Waals surface area (Å²) in [6.45, 7) is 3.14. The molecule has 0 spiro atoms. The van der Waals surface area contributed by atoms with Gasteiger partial charge in [-0.3, -0.25) is 9.59 Å². The molecule has 0 saturated heterocycles. The SMILES string of the molecule is CC[C@H](C(=O)NC)N(Cc1ccc(F)cc1)C(=O)CCc1ccc2c(c1)OCCO2. The highest BCUT2D eigenvalue weighted by Gasteiger charge is 2.27. The molecule has 2 aromatic rings. The second kappa shape index (κ2) is 10.1. The van der Waals surface area contributed by atoms with Gasteiger partial charge in [-0.15, -0.1) is 0 Å². The number of halogens is 1. The van der Waals surface area contributed by atoms with Crippen LogP contribution >= 0.6 is 0 Å². The van der Waals surface area contributed by atoms with Crippen molar-refractivity contribution < 1.29 is 23.5 Å². The summed E-state index contributed by atoms with van der Waals surface area (Å²) in [6.07, 6.45) is 1.24. The highest BCUT2D eigenvalue weighted by Crippen LogP contribution is 2.31. The Kier molecular flexibility index (Phi) is 7.27. The molecule has 160 valence electrons. The molecule has 2 amide bonds. The van der Waals surface area contributed by atoms with Gasteiger partial charge in [-0.05, 0) is 48.2 Å². The van der Waals surface area contributed by atoms with Crippen LogP contribution in [0.4, 0.5) is 4.39 Å². The summed E-state index contributed by atoms with van der Waals surface area (Å²) in [4.78, 5) is 27.1. The van der Waals surface area contributed by atoms with Crippen molar-refractivity contribution in [1.29, 1.82) is 0 Å². The molecule has 0 radical (unpaired) electrons. The van der Waals surface area contributed by atoms with Crippen LogP contribution in [-0.4, -0.2) is 43.0 Å². The quantitative estimate of drug-likeness (QED) is 0.721. The fourth-order valence-electron chi connectivity index (χ4n) is 3.51. The second-order valence-electron chi connectivity index (χ2n) is 7.16. The third-order valence-corrected chi connectivity index (χ3v) is 5.13. The molecule has 0 saturated carbocycles. The van der Waals surface area contributed by atoms with Crippen LogP contribution in [0.15, 0.2) is 42.5 Å². The normalized spacial score (nSPS) is 13.4. The lowest BCUT2D eigenvalue weighted by Gasteiger charge is -2.30. The van der Waals surface area contributed by atoms with Crippen molar-refractivity contribution in [1.82, 2.24) is 10.2 Å². The minimum absolute atomic E-state index is 0.135. The van der Waals surface area contributed by atoms with Crippen molar-refractivity contribution in [2.45, 2.75) is 38.8 Å². The van der Waals surface area contributed by atoms with Crippen molar-refractivity contribution in [3.63, 3.8) is 0 Å². The molecule has 0 bridgehead atoms. The first-order valence-electron chi connectivity index (χ1n) is 10.2. The van der Waals surface area contributed by atoms with Gasteiger partial charge in [0.15, 0.2) is 11.5 Å². The van der Waals surface area contributed by atoms with Crippen LogP contribution in [0.5, 0.6) is 11.5 Å². The molecular weight excluding hydrogens is 387 g/mol. The number of likely N-dealkylation sites (N-methyl/N-ethyl adjacent to an activating group) is 1. The number of nitrogens with one attached hydrogen (secondary N) is 1. The maximum atomic E-state index is 13.3. The Morgan fingerprint density at radius 2 is 1.73 bits per heavy atom. The Morgan fingerprint density at radius 3 is 2.40 bits per heavy atom. The molecule has 7 heteroatoms. The van der Waals surface area contributed by atoms with Crippen LogP contribution in [0.2, 0.25) is 0 Å². The smallest absolute Gasteiger partial charge is 0.242 e. The number of benzene rings is 2. The van der Waals surface area contributed by atoms with E-state index in [0.717, 1.165) is 11.1 Å². The summed E-state index contributed by atoms with van der Waals surface area (Å²) in [5, 5.41) is 2.63. The molecule has 0 aliphatic carbocycles. The maximum Gasteiger partial charge on any atom is 0.242 e. The van der Waals surface area contributed by atoms with E-state index < -0.39 is 6.04 Å². The fraction of sp³-hybridized carbons (Fsp3) is 0.391. The van der Waals surface area contributed by atoms with Gasteiger partial charge in [0.05, 0.1) is 0 Å². The number of fused-ring (bicyclic) bond motifs is 1. The number of hydrogen-bond acceptors (Lipinski definition) is 4. The van der Waals surface area contributed by atoms with E-state index in [1.807, 2.05) is 25.1 Å². The minimum Gasteiger partial charge on any atom is -0.486 e. The Morgan fingerprint density at radius 1 is 1.07 bits per heavy atom. The molecule has 3 rings (SSSR count). The van der Waals surface area contributed by atoms with Crippen LogP contribution in [0, 0.1) is 5.82 Å². The summed E-state index contributed by atoms with van der Waals surface area (Å²) in [7, 11) is 1.56. The largest absolute Gasteiger partial charge is 0.486 e. The number of carbonyl (C=O) groups excluding carboxylic acids is 2. The number of aryl methyl sites for hydroxylation is 1. The zero-order valence-electron chi connectivity index (χ0n) is 17.3. The van der Waals surface area contributed by atoms with Crippen molar-refractivity contribution in [2.24, 2.45) is 0 Å². The van der Waals surface area contributed by atoms with Crippen LogP contribution in [0.3, 0.4) is 0 Å². The summed E-state index contributed by atoms with van der Waals surface area (Å²) in [5.41, 5.74) is 1.73. The molecule has 1 aliphatic rings. The van der Waals surface area contributed by atoms with Crippen LogP contribution in [0.1, 0.15) is 30.9 Å². The molecular formula is C23H27FN2O4. The first-order valence-corrected chi connectivity index (χ1v) is 10.2. The molecule has 0 unspecified atom stereocenters. The number of nitrogens with zero attached hydrogens (tertiary/aromatic N) is 1. The second-order valence-corrected chi connectivity index (χ2v) is 7.16. The van der Waals surface area contributed by atoms with Crippen LogP contribution < -0.4 is 14.8 Å². The summed E-state index contributed by atoms with van der Waals surface area (Å²) in [6, 6.07) is 11.0. The standard InChI is InChI=1S/C23H27FN2O4/c1-3-19(23(28)25-2)26(15-17-4-8-18(24)9-5-17)22(27)11-7-16-6-10-20-21(14-16)30-13-12-29-20/h4-6,8-10,14,19H,3,7,11-13,15H2,1-2H3,(H,25,28)/t19-/m1/s1. The van der Waals surface area contributed by atoms with E-state index in [-0.39, 0.29) is 30.6 Å². The van der Waals surface area contributed by atoms with E-state index in [1.165, 1.54) is 12.1 Å². The topological polar surface area (TPSA) is 67.9 Å². The van der Waals surface area contributed by atoms with E-state index in [2.05, 4.69) is 5.32 Å². The van der Waals surface area contributed by atoms with Crippen molar-refractivity contribution in [2.75, 3.05) is 20.3 Å². The third-order valence-electron chi connectivity index (χ3n) is 5.13. The van der Waals surface area contributed by atoms with E-state index in [9.17, 15) is 14.0 Å². The van der Waals surface area contributed by atoms with Gasteiger partial charge < -0.3 is 19.7 Å². The lowest BCUT2D eigenvalue weighted by molar-refractivity contribution is -0.141. The average molecular weight is 414 g/mol. The molecule has 0 fully saturated rings. The molecule has 1 heterocycles. The van der Waals surface area contributed by atoms with Crippen LogP contribution in [0.25, 0.3) is 0 Å². The Labute approximate surface area is 176 Å². The van der Waals surface area contributed by atoms with Gasteiger partial charge >= 0.3 is 0 Å². The lowest BCUT2D eigenvalue weighted by Crippen LogP contribution is -2.48. The number of amides is 2. The number of rotatable bonds is 8. The van der Waals surface area contributed by atoms with Crippen molar-refractivity contribution in [3.8, 4) is 11.5 Å². The summed E-state index contributed by atoms with van der Waals surface area (Å²) < 4.78 is 24.4. The number of carbonyl (C=O) groups is 2. The molecule has 30 heavy (non-hydrogen) atoms. The maximum absolute atomic E-state index is 13.3. The molecule has 0 aromatic heterocycles. The van der Waals surface area contributed by atoms with E-state index in [0.29, 0.717) is 37.6 Å². The average Bonchev–Trinajstić information content (AvgIpc) is 2.78. The molecule has 6 nitrogen and oxygen atoms in total.